The van der Waals surface area contributed by atoms with Gasteiger partial charge in [-0.3, -0.25) is 0 Å². The van der Waals surface area contributed by atoms with E-state index in [1.165, 1.54) is 29.8 Å². The van der Waals surface area contributed by atoms with Gasteiger partial charge >= 0.3 is 0 Å². The Balaban J connectivity index is 1.93. The summed E-state index contributed by atoms with van der Waals surface area (Å²) in [6.45, 7) is 8.24. The molecule has 1 aliphatic carbocycles. The van der Waals surface area contributed by atoms with Crippen LogP contribution in [0.15, 0.2) is 0 Å². The summed E-state index contributed by atoms with van der Waals surface area (Å²) in [5, 5.41) is 1.36. The molecule has 1 aliphatic heterocycles. The van der Waals surface area contributed by atoms with Crippen molar-refractivity contribution < 1.29 is 0 Å². The topological polar surface area (TPSA) is 42.2 Å². The zero-order valence-electron chi connectivity index (χ0n) is 11.5. The fourth-order valence-corrected chi connectivity index (χ4v) is 4.24. The highest BCUT2D eigenvalue weighted by Gasteiger charge is 2.36. The molecule has 0 bridgehead atoms. The Morgan fingerprint density at radius 3 is 2.67 bits per heavy atom. The minimum atomic E-state index is 0.610. The second kappa shape index (κ2) is 4.41. The number of nitrogens with zero attached hydrogens (tertiary/aromatic N) is 2. The van der Waals surface area contributed by atoms with E-state index in [2.05, 4.69) is 30.0 Å². The average molecular weight is 265 g/mol. The number of nitrogens with two attached hydrogens (primary N) is 1. The van der Waals surface area contributed by atoms with Crippen molar-refractivity contribution in [1.82, 2.24) is 4.37 Å². The largest absolute Gasteiger partial charge is 0.383 e. The van der Waals surface area contributed by atoms with E-state index in [0.29, 0.717) is 12.0 Å². The molecular formula is C14H23N3S. The number of anilines is 2. The first kappa shape index (κ1) is 12.3. The van der Waals surface area contributed by atoms with Crippen LogP contribution in [0.5, 0.6) is 0 Å². The lowest BCUT2D eigenvalue weighted by molar-refractivity contribution is 0.298. The van der Waals surface area contributed by atoms with Crippen LogP contribution < -0.4 is 10.6 Å². The zero-order chi connectivity index (χ0) is 12.9. The van der Waals surface area contributed by atoms with E-state index in [4.69, 9.17) is 5.73 Å². The number of hydrogen-bond acceptors (Lipinski definition) is 4. The van der Waals surface area contributed by atoms with Crippen LogP contribution in [-0.4, -0.2) is 17.0 Å². The van der Waals surface area contributed by atoms with E-state index in [0.717, 1.165) is 24.2 Å². The summed E-state index contributed by atoms with van der Waals surface area (Å²) in [6.07, 6.45) is 3.93. The van der Waals surface area contributed by atoms with Gasteiger partial charge < -0.3 is 10.6 Å². The molecule has 2 aliphatic rings. The van der Waals surface area contributed by atoms with Gasteiger partial charge in [-0.05, 0) is 55.5 Å². The molecule has 3 nitrogen and oxygen atoms in total. The predicted octanol–water partition coefficient (Wildman–Crippen LogP) is 3.47. The summed E-state index contributed by atoms with van der Waals surface area (Å²) in [7, 11) is 0. The molecule has 0 aromatic carbocycles. The SMILES string of the molecule is CC1CC(C)C(C)N(c2snc(N)c2C2CC2)C1. The molecule has 2 heterocycles. The molecule has 0 radical (unpaired) electrons. The molecule has 1 saturated carbocycles. The van der Waals surface area contributed by atoms with E-state index >= 15 is 0 Å². The van der Waals surface area contributed by atoms with Crippen molar-refractivity contribution >= 4 is 22.4 Å². The highest BCUT2D eigenvalue weighted by atomic mass is 32.1. The Morgan fingerprint density at radius 1 is 1.28 bits per heavy atom. The highest BCUT2D eigenvalue weighted by molar-refractivity contribution is 7.10. The van der Waals surface area contributed by atoms with E-state index in [-0.39, 0.29) is 0 Å². The molecule has 3 atom stereocenters. The van der Waals surface area contributed by atoms with Crippen LogP contribution in [-0.2, 0) is 0 Å². The van der Waals surface area contributed by atoms with Gasteiger partial charge in [-0.2, -0.15) is 4.37 Å². The van der Waals surface area contributed by atoms with Crippen molar-refractivity contribution in [1.29, 1.82) is 0 Å². The van der Waals surface area contributed by atoms with Crippen LogP contribution in [0.2, 0.25) is 0 Å². The number of rotatable bonds is 2. The third-order valence-electron chi connectivity index (χ3n) is 4.58. The monoisotopic (exact) mass is 265 g/mol. The third kappa shape index (κ3) is 2.00. The van der Waals surface area contributed by atoms with Crippen LogP contribution in [0.4, 0.5) is 10.8 Å². The van der Waals surface area contributed by atoms with E-state index in [1.807, 2.05) is 0 Å². The lowest BCUT2D eigenvalue weighted by atomic mass is 9.86. The van der Waals surface area contributed by atoms with Gasteiger partial charge in [0.05, 0.1) is 0 Å². The maximum atomic E-state index is 6.08. The fourth-order valence-electron chi connectivity index (χ4n) is 3.25. The van der Waals surface area contributed by atoms with Crippen LogP contribution in [0, 0.1) is 11.8 Å². The maximum Gasteiger partial charge on any atom is 0.142 e. The van der Waals surface area contributed by atoms with Crippen molar-refractivity contribution in [2.45, 2.75) is 52.0 Å². The Bertz CT molecular complexity index is 438. The quantitative estimate of drug-likeness (QED) is 0.890. The van der Waals surface area contributed by atoms with Crippen LogP contribution in [0.1, 0.15) is 51.5 Å². The van der Waals surface area contributed by atoms with Crippen LogP contribution in [0.25, 0.3) is 0 Å². The average Bonchev–Trinajstić information content (AvgIpc) is 3.08. The Kier molecular flexibility index (Phi) is 3.00. The molecule has 2 N–H and O–H groups in total. The third-order valence-corrected chi connectivity index (χ3v) is 5.50. The molecular weight excluding hydrogens is 242 g/mol. The lowest BCUT2D eigenvalue weighted by Gasteiger charge is -2.42. The van der Waals surface area contributed by atoms with Crippen molar-refractivity contribution in [3.05, 3.63) is 5.56 Å². The summed E-state index contributed by atoms with van der Waals surface area (Å²) in [6, 6.07) is 0.610. The zero-order valence-corrected chi connectivity index (χ0v) is 12.3. The second-order valence-electron chi connectivity index (χ2n) is 6.27. The molecule has 1 aromatic heterocycles. The molecule has 1 aromatic rings. The molecule has 0 amide bonds. The Hall–Kier alpha value is -0.770. The molecule has 3 rings (SSSR count). The molecule has 0 spiro atoms. The van der Waals surface area contributed by atoms with Gasteiger partial charge in [-0.1, -0.05) is 13.8 Å². The van der Waals surface area contributed by atoms with E-state index < -0.39 is 0 Å². The summed E-state index contributed by atoms with van der Waals surface area (Å²) in [4.78, 5) is 2.57. The standard InChI is InChI=1S/C14H23N3S/c1-8-6-9(2)10(3)17(7-8)14-12(11-4-5-11)13(15)16-18-14/h8-11H,4-7H2,1-3H3,(H2,15,16). The Labute approximate surface area is 114 Å². The number of hydrogen-bond donors (Lipinski definition) is 1. The lowest BCUT2D eigenvalue weighted by Crippen LogP contribution is -2.45. The van der Waals surface area contributed by atoms with Gasteiger partial charge in [0.2, 0.25) is 0 Å². The van der Waals surface area contributed by atoms with Gasteiger partial charge in [0.15, 0.2) is 0 Å². The summed E-state index contributed by atoms with van der Waals surface area (Å²) in [5.74, 6) is 3.00. The van der Waals surface area contributed by atoms with E-state index in [9.17, 15) is 0 Å². The predicted molar refractivity (Wildman–Crippen MR) is 78.3 cm³/mol. The van der Waals surface area contributed by atoms with Gasteiger partial charge in [-0.25, -0.2) is 0 Å². The smallest absolute Gasteiger partial charge is 0.142 e. The minimum absolute atomic E-state index is 0.610. The molecule has 18 heavy (non-hydrogen) atoms. The first-order valence-electron chi connectivity index (χ1n) is 7.09. The van der Waals surface area contributed by atoms with Gasteiger partial charge in [0.1, 0.15) is 10.8 Å². The van der Waals surface area contributed by atoms with Crippen LogP contribution in [0.3, 0.4) is 0 Å². The van der Waals surface area contributed by atoms with Gasteiger partial charge in [0.25, 0.3) is 0 Å². The van der Waals surface area contributed by atoms with Gasteiger partial charge in [-0.15, -0.1) is 0 Å². The molecule has 1 saturated heterocycles. The molecule has 4 heteroatoms. The Morgan fingerprint density at radius 2 is 2.00 bits per heavy atom. The maximum absolute atomic E-state index is 6.08. The summed E-state index contributed by atoms with van der Waals surface area (Å²) < 4.78 is 4.42. The van der Waals surface area contributed by atoms with E-state index in [1.54, 1.807) is 11.5 Å². The number of nitrogen functional groups attached to an aromatic ring is 1. The first-order valence-corrected chi connectivity index (χ1v) is 7.87. The van der Waals surface area contributed by atoms with Gasteiger partial charge in [0, 0.05) is 18.2 Å². The minimum Gasteiger partial charge on any atom is -0.383 e. The normalized spacial score (nSPS) is 32.8. The fraction of sp³-hybridized carbons (Fsp3) is 0.786. The second-order valence-corrected chi connectivity index (χ2v) is 7.02. The van der Waals surface area contributed by atoms with Crippen molar-refractivity contribution in [2.24, 2.45) is 11.8 Å². The van der Waals surface area contributed by atoms with Crippen molar-refractivity contribution in [3.8, 4) is 0 Å². The number of aromatic nitrogens is 1. The van der Waals surface area contributed by atoms with Crippen molar-refractivity contribution in [3.63, 3.8) is 0 Å². The summed E-state index contributed by atoms with van der Waals surface area (Å²) in [5.41, 5.74) is 7.43. The van der Waals surface area contributed by atoms with Crippen molar-refractivity contribution in [2.75, 3.05) is 17.2 Å². The molecule has 100 valence electrons. The summed E-state index contributed by atoms with van der Waals surface area (Å²) >= 11 is 1.61. The first-order chi connectivity index (χ1) is 8.58. The number of piperidine rings is 1. The highest BCUT2D eigenvalue weighted by Crippen LogP contribution is 2.50. The molecule has 2 fully saturated rings. The molecule has 3 unspecified atom stereocenters. The van der Waals surface area contributed by atoms with Crippen LogP contribution >= 0.6 is 11.5 Å².